The number of hydrogen-bond acceptors (Lipinski definition) is 2. The van der Waals surface area contributed by atoms with Gasteiger partial charge in [-0.2, -0.15) is 0 Å². The topological polar surface area (TPSA) is 15.3 Å². The summed E-state index contributed by atoms with van der Waals surface area (Å²) in [5.41, 5.74) is 0.615. The summed E-state index contributed by atoms with van der Waals surface area (Å²) in [4.78, 5) is 2.37. The number of rotatable bonds is 1. The zero-order valence-corrected chi connectivity index (χ0v) is 7.02. The lowest BCUT2D eigenvalue weighted by Gasteiger charge is -2.15. The summed E-state index contributed by atoms with van der Waals surface area (Å²) in [6.07, 6.45) is 0. The molecule has 1 heterocycles. The molecule has 2 heteroatoms. The van der Waals surface area contributed by atoms with E-state index in [4.69, 9.17) is 0 Å². The fourth-order valence-electron chi connectivity index (χ4n) is 2.66. The Labute approximate surface area is 62.6 Å². The molecule has 0 unspecified atom stereocenters. The van der Waals surface area contributed by atoms with Gasteiger partial charge in [0.15, 0.2) is 0 Å². The molecular weight excluding hydrogens is 124 g/mol. The zero-order chi connectivity index (χ0) is 7.35. The molecule has 1 N–H and O–H groups in total. The quantitative estimate of drug-likeness (QED) is 0.558. The van der Waals surface area contributed by atoms with Crippen molar-refractivity contribution in [3.8, 4) is 0 Å². The highest BCUT2D eigenvalue weighted by molar-refractivity contribution is 5.18. The number of piperidine rings is 1. The summed E-state index contributed by atoms with van der Waals surface area (Å²) >= 11 is 0. The third-order valence-electron chi connectivity index (χ3n) is 3.22. The lowest BCUT2D eigenvalue weighted by Crippen LogP contribution is -2.29. The highest BCUT2D eigenvalue weighted by Gasteiger charge is 2.64. The minimum atomic E-state index is 0.615. The van der Waals surface area contributed by atoms with Gasteiger partial charge in [0, 0.05) is 24.5 Å². The maximum Gasteiger partial charge on any atom is 0.0205 e. The van der Waals surface area contributed by atoms with Crippen molar-refractivity contribution in [2.24, 2.45) is 11.3 Å². The van der Waals surface area contributed by atoms with Crippen LogP contribution in [-0.4, -0.2) is 38.1 Å². The fraction of sp³-hybridized carbons (Fsp3) is 1.00. The SMILES string of the molecule is CN(C)[C@@H]1[C@H]2CNC[C@]21C. The second-order valence-corrected chi connectivity index (χ2v) is 4.15. The first kappa shape index (κ1) is 6.62. The van der Waals surface area contributed by atoms with Gasteiger partial charge in [0.1, 0.15) is 0 Å². The molecule has 10 heavy (non-hydrogen) atoms. The molecule has 1 saturated heterocycles. The van der Waals surface area contributed by atoms with Crippen LogP contribution in [0.3, 0.4) is 0 Å². The van der Waals surface area contributed by atoms with Gasteiger partial charge in [-0.3, -0.25) is 0 Å². The molecule has 0 radical (unpaired) electrons. The van der Waals surface area contributed by atoms with Crippen LogP contribution in [0.4, 0.5) is 0 Å². The van der Waals surface area contributed by atoms with Crippen molar-refractivity contribution in [3.63, 3.8) is 0 Å². The van der Waals surface area contributed by atoms with E-state index in [0.717, 1.165) is 12.0 Å². The first-order valence-corrected chi connectivity index (χ1v) is 4.03. The second-order valence-electron chi connectivity index (χ2n) is 4.15. The standard InChI is InChI=1S/C8H16N2/c1-8-5-9-4-6(8)7(8)10(2)3/h6-7,9H,4-5H2,1-3H3/t6-,7-,8-/m1/s1. The fourth-order valence-corrected chi connectivity index (χ4v) is 2.66. The summed E-state index contributed by atoms with van der Waals surface area (Å²) in [6, 6.07) is 0.855. The van der Waals surface area contributed by atoms with Crippen molar-refractivity contribution < 1.29 is 0 Å². The predicted octanol–water partition coefficient (Wildman–Crippen LogP) is 0.156. The molecule has 2 fully saturated rings. The number of nitrogens with one attached hydrogen (secondary N) is 1. The summed E-state index contributed by atoms with van der Waals surface area (Å²) in [5.74, 6) is 0.933. The molecule has 2 aliphatic rings. The van der Waals surface area contributed by atoms with Gasteiger partial charge in [0.2, 0.25) is 0 Å². The third kappa shape index (κ3) is 0.611. The van der Waals surface area contributed by atoms with Crippen LogP contribution in [0, 0.1) is 11.3 Å². The molecule has 0 amide bonds. The molecule has 2 nitrogen and oxygen atoms in total. The van der Waals surface area contributed by atoms with Gasteiger partial charge < -0.3 is 10.2 Å². The number of nitrogens with zero attached hydrogens (tertiary/aromatic N) is 1. The largest absolute Gasteiger partial charge is 0.316 e. The maximum atomic E-state index is 3.42. The van der Waals surface area contributed by atoms with E-state index < -0.39 is 0 Å². The Morgan fingerprint density at radius 2 is 2.20 bits per heavy atom. The molecule has 0 spiro atoms. The first-order chi connectivity index (χ1) is 4.66. The normalized spacial score (nSPS) is 51.6. The van der Waals surface area contributed by atoms with E-state index in [1.807, 2.05) is 0 Å². The molecule has 0 bridgehead atoms. The number of fused-ring (bicyclic) bond motifs is 1. The van der Waals surface area contributed by atoms with E-state index in [0.29, 0.717) is 5.41 Å². The van der Waals surface area contributed by atoms with Crippen molar-refractivity contribution in [3.05, 3.63) is 0 Å². The van der Waals surface area contributed by atoms with E-state index in [1.165, 1.54) is 13.1 Å². The zero-order valence-electron chi connectivity index (χ0n) is 7.02. The molecule has 0 aromatic rings. The average molecular weight is 140 g/mol. The average Bonchev–Trinajstić information content (AvgIpc) is 2.22. The van der Waals surface area contributed by atoms with Crippen LogP contribution in [0.2, 0.25) is 0 Å². The molecule has 1 aliphatic heterocycles. The van der Waals surface area contributed by atoms with Crippen LogP contribution >= 0.6 is 0 Å². The van der Waals surface area contributed by atoms with Gasteiger partial charge in [-0.05, 0) is 20.0 Å². The van der Waals surface area contributed by atoms with Crippen LogP contribution in [0.25, 0.3) is 0 Å². The summed E-state index contributed by atoms with van der Waals surface area (Å²) in [7, 11) is 4.38. The van der Waals surface area contributed by atoms with Gasteiger partial charge in [0.05, 0.1) is 0 Å². The first-order valence-electron chi connectivity index (χ1n) is 4.03. The van der Waals surface area contributed by atoms with Crippen LogP contribution in [0.1, 0.15) is 6.92 Å². The molecule has 1 saturated carbocycles. The van der Waals surface area contributed by atoms with Crippen LogP contribution in [0.5, 0.6) is 0 Å². The molecule has 0 aromatic carbocycles. The van der Waals surface area contributed by atoms with E-state index in [-0.39, 0.29) is 0 Å². The van der Waals surface area contributed by atoms with E-state index in [2.05, 4.69) is 31.2 Å². The summed E-state index contributed by atoms with van der Waals surface area (Å²) < 4.78 is 0. The van der Waals surface area contributed by atoms with Crippen molar-refractivity contribution in [2.45, 2.75) is 13.0 Å². The van der Waals surface area contributed by atoms with Gasteiger partial charge in [-0.25, -0.2) is 0 Å². The molecule has 3 atom stereocenters. The van der Waals surface area contributed by atoms with Crippen LogP contribution in [-0.2, 0) is 0 Å². The van der Waals surface area contributed by atoms with Crippen molar-refractivity contribution in [1.29, 1.82) is 0 Å². The molecular formula is C8H16N2. The summed E-state index contributed by atoms with van der Waals surface area (Å²) in [5, 5.41) is 3.42. The molecule has 2 rings (SSSR count). The lowest BCUT2D eigenvalue weighted by molar-refractivity contribution is 0.320. The van der Waals surface area contributed by atoms with Gasteiger partial charge in [0.25, 0.3) is 0 Å². The Morgan fingerprint density at radius 1 is 1.50 bits per heavy atom. The molecule has 0 aromatic heterocycles. The van der Waals surface area contributed by atoms with Crippen LogP contribution in [0.15, 0.2) is 0 Å². The van der Waals surface area contributed by atoms with Gasteiger partial charge in [-0.15, -0.1) is 0 Å². The Kier molecular flexibility index (Phi) is 1.15. The van der Waals surface area contributed by atoms with Crippen LogP contribution < -0.4 is 5.32 Å². The molecule has 58 valence electrons. The summed E-state index contributed by atoms with van der Waals surface area (Å²) in [6.45, 7) is 4.85. The predicted molar refractivity (Wildman–Crippen MR) is 41.9 cm³/mol. The van der Waals surface area contributed by atoms with E-state index in [9.17, 15) is 0 Å². The van der Waals surface area contributed by atoms with Crippen molar-refractivity contribution >= 4 is 0 Å². The smallest absolute Gasteiger partial charge is 0.0205 e. The molecule has 1 aliphatic carbocycles. The third-order valence-corrected chi connectivity index (χ3v) is 3.22. The van der Waals surface area contributed by atoms with E-state index >= 15 is 0 Å². The van der Waals surface area contributed by atoms with Gasteiger partial charge in [-0.1, -0.05) is 6.92 Å². The van der Waals surface area contributed by atoms with Crippen molar-refractivity contribution in [1.82, 2.24) is 10.2 Å². The minimum absolute atomic E-state index is 0.615. The Bertz CT molecular complexity index is 155. The number of hydrogen-bond donors (Lipinski definition) is 1. The minimum Gasteiger partial charge on any atom is -0.316 e. The van der Waals surface area contributed by atoms with Crippen molar-refractivity contribution in [2.75, 3.05) is 27.2 Å². The maximum absolute atomic E-state index is 3.42. The van der Waals surface area contributed by atoms with E-state index in [1.54, 1.807) is 0 Å². The van der Waals surface area contributed by atoms with Gasteiger partial charge >= 0.3 is 0 Å². The Hall–Kier alpha value is -0.0800. The lowest BCUT2D eigenvalue weighted by atomic mass is 10.1. The Morgan fingerprint density at radius 3 is 2.50 bits per heavy atom. The monoisotopic (exact) mass is 140 g/mol. The highest BCUT2D eigenvalue weighted by Crippen LogP contribution is 2.56. The highest BCUT2D eigenvalue weighted by atomic mass is 15.2. The second kappa shape index (κ2) is 1.74. The Balaban J connectivity index is 2.08.